The first kappa shape index (κ1) is 12.0. The molecule has 0 saturated carbocycles. The van der Waals surface area contributed by atoms with E-state index in [1.807, 2.05) is 0 Å². The van der Waals surface area contributed by atoms with Crippen LogP contribution in [0.25, 0.3) is 0 Å². The molecule has 5 nitrogen and oxygen atoms in total. The summed E-state index contributed by atoms with van der Waals surface area (Å²) in [4.78, 5) is 9.46. The van der Waals surface area contributed by atoms with Crippen LogP contribution >= 0.6 is 0 Å². The Hall–Kier alpha value is -2.12. The number of nitrogens with two attached hydrogens (primary N) is 1. The molecule has 0 unspecified atom stereocenters. The zero-order chi connectivity index (χ0) is 12.3. The van der Waals surface area contributed by atoms with Crippen molar-refractivity contribution in [3.05, 3.63) is 39.4 Å². The van der Waals surface area contributed by atoms with E-state index in [2.05, 4.69) is 5.10 Å². The van der Waals surface area contributed by atoms with Crippen molar-refractivity contribution in [2.24, 2.45) is 10.9 Å². The maximum Gasteiger partial charge on any atom is 0.423 e. The highest BCUT2D eigenvalue weighted by Gasteiger charge is 2.39. The molecule has 0 aliphatic heterocycles. The Balaban J connectivity index is 3.51. The largest absolute Gasteiger partial charge is 0.423 e. The summed E-state index contributed by atoms with van der Waals surface area (Å²) in [5.41, 5.74) is -2.67. The van der Waals surface area contributed by atoms with E-state index >= 15 is 0 Å². The first-order valence-electron chi connectivity index (χ1n) is 3.95. The predicted octanol–water partition coefficient (Wildman–Crippen LogP) is 1.91. The van der Waals surface area contributed by atoms with E-state index in [0.717, 1.165) is 18.3 Å². The van der Waals surface area contributed by atoms with Gasteiger partial charge >= 0.3 is 6.18 Å². The standard InChI is InChI=1S/C8H6F3N3O2/c9-8(10,11)6-3-1-2-5(4-13-12)7(6)14(15)16/h1-4H,12H2. The second-order valence-electron chi connectivity index (χ2n) is 2.78. The van der Waals surface area contributed by atoms with Gasteiger partial charge in [-0.25, -0.2) is 0 Å². The van der Waals surface area contributed by atoms with Crippen molar-refractivity contribution < 1.29 is 18.1 Å². The van der Waals surface area contributed by atoms with Gasteiger partial charge in [-0.3, -0.25) is 10.1 Å². The number of hydrogen-bond donors (Lipinski definition) is 1. The molecule has 8 heteroatoms. The van der Waals surface area contributed by atoms with Crippen LogP contribution in [-0.2, 0) is 6.18 Å². The molecule has 0 radical (unpaired) electrons. The van der Waals surface area contributed by atoms with Crippen molar-refractivity contribution in [2.45, 2.75) is 6.18 Å². The van der Waals surface area contributed by atoms with Gasteiger partial charge in [-0.1, -0.05) is 6.07 Å². The molecule has 0 bridgehead atoms. The van der Waals surface area contributed by atoms with E-state index < -0.39 is 22.4 Å². The average molecular weight is 233 g/mol. The van der Waals surface area contributed by atoms with Gasteiger partial charge in [-0.05, 0) is 12.1 Å². The number of benzene rings is 1. The summed E-state index contributed by atoms with van der Waals surface area (Å²) in [5.74, 6) is 4.75. The molecule has 0 saturated heterocycles. The third kappa shape index (κ3) is 2.27. The molecule has 0 spiro atoms. The minimum Gasteiger partial charge on any atom is -0.323 e. The maximum atomic E-state index is 12.4. The van der Waals surface area contributed by atoms with Crippen LogP contribution in [0.2, 0.25) is 0 Å². The molecule has 1 aromatic carbocycles. The average Bonchev–Trinajstić information content (AvgIpc) is 2.16. The number of rotatable bonds is 2. The molecular weight excluding hydrogens is 227 g/mol. The number of nitro benzene ring substituents is 1. The normalized spacial score (nSPS) is 11.9. The number of para-hydroxylation sites is 1. The molecule has 86 valence electrons. The topological polar surface area (TPSA) is 81.5 Å². The van der Waals surface area contributed by atoms with E-state index in [9.17, 15) is 23.3 Å². The van der Waals surface area contributed by atoms with Crippen molar-refractivity contribution in [3.8, 4) is 0 Å². The second kappa shape index (κ2) is 4.17. The number of halogens is 3. The Morgan fingerprint density at radius 2 is 2.06 bits per heavy atom. The van der Waals surface area contributed by atoms with Gasteiger partial charge in [0.2, 0.25) is 0 Å². The van der Waals surface area contributed by atoms with Crippen LogP contribution in [0.15, 0.2) is 23.3 Å². The van der Waals surface area contributed by atoms with Crippen LogP contribution in [-0.4, -0.2) is 11.1 Å². The Labute approximate surface area is 87.5 Å². The van der Waals surface area contributed by atoms with Gasteiger partial charge in [-0.2, -0.15) is 18.3 Å². The quantitative estimate of drug-likeness (QED) is 0.366. The summed E-state index contributed by atoms with van der Waals surface area (Å²) in [6.07, 6.45) is -3.99. The van der Waals surface area contributed by atoms with Crippen molar-refractivity contribution in [1.82, 2.24) is 0 Å². The summed E-state index contributed by atoms with van der Waals surface area (Å²) in [5, 5.41) is 13.5. The Morgan fingerprint density at radius 3 is 2.50 bits per heavy atom. The number of hydrogen-bond acceptors (Lipinski definition) is 4. The summed E-state index contributed by atoms with van der Waals surface area (Å²) in [7, 11) is 0. The molecule has 1 rings (SSSR count). The first-order chi connectivity index (χ1) is 7.38. The molecule has 1 aromatic rings. The van der Waals surface area contributed by atoms with Crippen LogP contribution in [0.5, 0.6) is 0 Å². The SMILES string of the molecule is NN=Cc1cccc(C(F)(F)F)c1[N+](=O)[O-]. The number of nitro groups is 1. The zero-order valence-electron chi connectivity index (χ0n) is 7.73. The molecule has 0 heterocycles. The first-order valence-corrected chi connectivity index (χ1v) is 3.95. The predicted molar refractivity (Wildman–Crippen MR) is 49.9 cm³/mol. The molecule has 0 amide bonds. The summed E-state index contributed by atoms with van der Waals surface area (Å²) < 4.78 is 37.3. The van der Waals surface area contributed by atoms with Gasteiger partial charge in [-0.15, -0.1) is 0 Å². The monoisotopic (exact) mass is 233 g/mol. The van der Waals surface area contributed by atoms with E-state index in [1.54, 1.807) is 0 Å². The Bertz CT molecular complexity index is 443. The lowest BCUT2D eigenvalue weighted by Crippen LogP contribution is -2.10. The lowest BCUT2D eigenvalue weighted by molar-refractivity contribution is -0.388. The fourth-order valence-electron chi connectivity index (χ4n) is 1.18. The third-order valence-corrected chi connectivity index (χ3v) is 1.77. The summed E-state index contributed by atoms with van der Waals surface area (Å²) in [6.45, 7) is 0. The van der Waals surface area contributed by atoms with Crippen LogP contribution in [0.4, 0.5) is 18.9 Å². The van der Waals surface area contributed by atoms with Gasteiger partial charge < -0.3 is 5.84 Å². The van der Waals surface area contributed by atoms with Crippen LogP contribution in [0, 0.1) is 10.1 Å². The molecule has 0 aromatic heterocycles. The number of nitrogens with zero attached hydrogens (tertiary/aromatic N) is 2. The van der Waals surface area contributed by atoms with Gasteiger partial charge in [0.1, 0.15) is 5.56 Å². The van der Waals surface area contributed by atoms with Crippen molar-refractivity contribution in [1.29, 1.82) is 0 Å². The minimum absolute atomic E-state index is 0.290. The van der Waals surface area contributed by atoms with Crippen molar-refractivity contribution in [3.63, 3.8) is 0 Å². The molecule has 0 fully saturated rings. The van der Waals surface area contributed by atoms with Crippen LogP contribution < -0.4 is 5.84 Å². The maximum absolute atomic E-state index is 12.4. The number of alkyl halides is 3. The summed E-state index contributed by atoms with van der Waals surface area (Å²) in [6, 6.07) is 2.81. The van der Waals surface area contributed by atoms with Gasteiger partial charge in [0, 0.05) is 0 Å². The lowest BCUT2D eigenvalue weighted by Gasteiger charge is -2.08. The third-order valence-electron chi connectivity index (χ3n) is 1.77. The summed E-state index contributed by atoms with van der Waals surface area (Å²) >= 11 is 0. The highest BCUT2D eigenvalue weighted by molar-refractivity contribution is 5.86. The number of hydrazone groups is 1. The lowest BCUT2D eigenvalue weighted by atomic mass is 10.1. The van der Waals surface area contributed by atoms with Gasteiger partial charge in [0.05, 0.1) is 16.7 Å². The molecule has 0 aliphatic carbocycles. The van der Waals surface area contributed by atoms with Crippen molar-refractivity contribution >= 4 is 11.9 Å². The zero-order valence-corrected chi connectivity index (χ0v) is 7.73. The Morgan fingerprint density at radius 1 is 1.44 bits per heavy atom. The molecule has 0 aliphatic rings. The Kier molecular flexibility index (Phi) is 3.11. The fourth-order valence-corrected chi connectivity index (χ4v) is 1.18. The van der Waals surface area contributed by atoms with E-state index in [4.69, 9.17) is 5.84 Å². The minimum atomic E-state index is -4.79. The molecule has 16 heavy (non-hydrogen) atoms. The van der Waals surface area contributed by atoms with E-state index in [0.29, 0.717) is 6.07 Å². The van der Waals surface area contributed by atoms with Crippen LogP contribution in [0.1, 0.15) is 11.1 Å². The highest BCUT2D eigenvalue weighted by atomic mass is 19.4. The van der Waals surface area contributed by atoms with Gasteiger partial charge in [0.25, 0.3) is 5.69 Å². The smallest absolute Gasteiger partial charge is 0.323 e. The highest BCUT2D eigenvalue weighted by Crippen LogP contribution is 2.37. The van der Waals surface area contributed by atoms with E-state index in [1.165, 1.54) is 0 Å². The second-order valence-corrected chi connectivity index (χ2v) is 2.78. The molecular formula is C8H6F3N3O2. The molecule has 2 N–H and O–H groups in total. The van der Waals surface area contributed by atoms with E-state index in [-0.39, 0.29) is 5.56 Å². The van der Waals surface area contributed by atoms with Crippen molar-refractivity contribution in [2.75, 3.05) is 0 Å². The van der Waals surface area contributed by atoms with Gasteiger partial charge in [0.15, 0.2) is 0 Å². The molecule has 0 atom stereocenters. The van der Waals surface area contributed by atoms with Crippen LogP contribution in [0.3, 0.4) is 0 Å². The fraction of sp³-hybridized carbons (Fsp3) is 0.125.